The van der Waals surface area contributed by atoms with Crippen LogP contribution in [0.5, 0.6) is 11.5 Å². The summed E-state index contributed by atoms with van der Waals surface area (Å²) in [7, 11) is 1.68. The number of ether oxygens (including phenoxy) is 3. The molecule has 0 radical (unpaired) electrons. The second-order valence-corrected chi connectivity index (χ2v) is 6.11. The van der Waals surface area contributed by atoms with Crippen LogP contribution in [0.15, 0.2) is 16.6 Å². The normalized spacial score (nSPS) is 16.0. The van der Waals surface area contributed by atoms with E-state index < -0.39 is 0 Å². The Morgan fingerprint density at radius 3 is 2.76 bits per heavy atom. The Kier molecular flexibility index (Phi) is 6.80. The quantitative estimate of drug-likeness (QED) is 0.811. The molecule has 1 aliphatic heterocycles. The highest BCUT2D eigenvalue weighted by molar-refractivity contribution is 9.10. The zero-order valence-corrected chi connectivity index (χ0v) is 14.4. The van der Waals surface area contributed by atoms with Crippen LogP contribution in [0.3, 0.4) is 0 Å². The molecule has 0 aliphatic carbocycles. The molecule has 1 aromatic rings. The van der Waals surface area contributed by atoms with E-state index in [1.165, 1.54) is 5.56 Å². The van der Waals surface area contributed by atoms with Crippen molar-refractivity contribution < 1.29 is 14.2 Å². The molecule has 2 rings (SSSR count). The number of halogens is 1. The van der Waals surface area contributed by atoms with Crippen molar-refractivity contribution in [3.8, 4) is 11.5 Å². The van der Waals surface area contributed by atoms with Crippen LogP contribution in [0.25, 0.3) is 0 Å². The molecule has 0 amide bonds. The van der Waals surface area contributed by atoms with Crippen molar-refractivity contribution >= 4 is 15.9 Å². The average molecular weight is 358 g/mol. The molecule has 1 aliphatic rings. The zero-order valence-electron chi connectivity index (χ0n) is 12.8. The van der Waals surface area contributed by atoms with Gasteiger partial charge in [-0.2, -0.15) is 0 Å². The van der Waals surface area contributed by atoms with Crippen molar-refractivity contribution in [1.82, 2.24) is 5.32 Å². The maximum absolute atomic E-state index is 6.01. The largest absolute Gasteiger partial charge is 0.493 e. The van der Waals surface area contributed by atoms with Crippen LogP contribution in [0.4, 0.5) is 0 Å². The zero-order chi connectivity index (χ0) is 15.1. The number of hydrogen-bond acceptors (Lipinski definition) is 4. The number of methoxy groups -OCH3 is 1. The summed E-state index contributed by atoms with van der Waals surface area (Å²) in [5.74, 6) is 2.14. The molecule has 1 N–H and O–H groups in total. The molecule has 118 valence electrons. The second kappa shape index (κ2) is 8.61. The summed E-state index contributed by atoms with van der Waals surface area (Å²) in [5, 5.41) is 3.32. The minimum absolute atomic E-state index is 0.566. The van der Waals surface area contributed by atoms with Gasteiger partial charge in [-0.15, -0.1) is 0 Å². The molecule has 1 aromatic carbocycles. The topological polar surface area (TPSA) is 39.7 Å². The minimum Gasteiger partial charge on any atom is -0.493 e. The summed E-state index contributed by atoms with van der Waals surface area (Å²) in [6, 6.07) is 4.12. The lowest BCUT2D eigenvalue weighted by molar-refractivity contribution is 0.0492. The van der Waals surface area contributed by atoms with E-state index in [2.05, 4.69) is 34.2 Å². The van der Waals surface area contributed by atoms with Crippen LogP contribution in [-0.4, -0.2) is 33.5 Å². The molecule has 0 saturated carbocycles. The Bertz CT molecular complexity index is 447. The third kappa shape index (κ3) is 4.87. The van der Waals surface area contributed by atoms with Gasteiger partial charge >= 0.3 is 0 Å². The first-order valence-electron chi connectivity index (χ1n) is 7.52. The predicted molar refractivity (Wildman–Crippen MR) is 87.1 cm³/mol. The molecule has 0 aromatic heterocycles. The van der Waals surface area contributed by atoms with Crippen molar-refractivity contribution in [2.24, 2.45) is 5.92 Å². The SMILES string of the molecule is CCNCc1cc(Br)c(OCC2CCOCC2)c(OC)c1. The molecule has 0 bridgehead atoms. The molecule has 0 spiro atoms. The maximum Gasteiger partial charge on any atom is 0.175 e. The monoisotopic (exact) mass is 357 g/mol. The van der Waals surface area contributed by atoms with Crippen LogP contribution in [0.1, 0.15) is 25.3 Å². The molecule has 1 heterocycles. The van der Waals surface area contributed by atoms with Gasteiger partial charge < -0.3 is 19.5 Å². The highest BCUT2D eigenvalue weighted by atomic mass is 79.9. The third-order valence-electron chi connectivity index (χ3n) is 3.67. The fourth-order valence-electron chi connectivity index (χ4n) is 2.40. The fourth-order valence-corrected chi connectivity index (χ4v) is 3.00. The summed E-state index contributed by atoms with van der Waals surface area (Å²) in [4.78, 5) is 0. The standard InChI is InChI=1S/C16H24BrNO3/c1-3-18-10-13-8-14(17)16(15(9-13)19-2)21-11-12-4-6-20-7-5-12/h8-9,12,18H,3-7,10-11H2,1-2H3. The molecular weight excluding hydrogens is 334 g/mol. The molecule has 21 heavy (non-hydrogen) atoms. The van der Waals surface area contributed by atoms with Gasteiger partial charge in [-0.3, -0.25) is 0 Å². The van der Waals surface area contributed by atoms with Crippen LogP contribution in [-0.2, 0) is 11.3 Å². The van der Waals surface area contributed by atoms with E-state index in [9.17, 15) is 0 Å². The van der Waals surface area contributed by atoms with Gasteiger partial charge in [-0.05, 0) is 58.9 Å². The molecule has 4 nitrogen and oxygen atoms in total. The summed E-state index contributed by atoms with van der Waals surface area (Å²) in [6.07, 6.45) is 2.14. The number of hydrogen-bond donors (Lipinski definition) is 1. The van der Waals surface area contributed by atoms with Gasteiger partial charge in [0.1, 0.15) is 0 Å². The molecule has 5 heteroatoms. The lowest BCUT2D eigenvalue weighted by atomic mass is 10.0. The van der Waals surface area contributed by atoms with E-state index >= 15 is 0 Å². The first kappa shape index (κ1) is 16.6. The fraction of sp³-hybridized carbons (Fsp3) is 0.625. The van der Waals surface area contributed by atoms with E-state index in [1.54, 1.807) is 7.11 Å². The van der Waals surface area contributed by atoms with Crippen molar-refractivity contribution in [1.29, 1.82) is 0 Å². The summed E-state index contributed by atoms with van der Waals surface area (Å²) in [6.45, 7) is 6.26. The van der Waals surface area contributed by atoms with E-state index in [1.807, 2.05) is 6.07 Å². The van der Waals surface area contributed by atoms with Crippen molar-refractivity contribution in [3.05, 3.63) is 22.2 Å². The van der Waals surface area contributed by atoms with Crippen molar-refractivity contribution in [2.45, 2.75) is 26.3 Å². The highest BCUT2D eigenvalue weighted by Gasteiger charge is 2.17. The Morgan fingerprint density at radius 2 is 2.10 bits per heavy atom. The number of nitrogens with one attached hydrogen (secondary N) is 1. The Labute approximate surface area is 135 Å². The third-order valence-corrected chi connectivity index (χ3v) is 4.26. The average Bonchev–Trinajstić information content (AvgIpc) is 2.52. The Morgan fingerprint density at radius 1 is 1.33 bits per heavy atom. The molecule has 1 fully saturated rings. The van der Waals surface area contributed by atoms with Gasteiger partial charge in [0.05, 0.1) is 18.2 Å². The van der Waals surface area contributed by atoms with Gasteiger partial charge in [-0.25, -0.2) is 0 Å². The van der Waals surface area contributed by atoms with Gasteiger partial charge in [0, 0.05) is 19.8 Å². The van der Waals surface area contributed by atoms with Gasteiger partial charge in [0.2, 0.25) is 0 Å². The molecule has 0 unspecified atom stereocenters. The molecule has 0 atom stereocenters. The van der Waals surface area contributed by atoms with Gasteiger partial charge in [-0.1, -0.05) is 6.92 Å². The van der Waals surface area contributed by atoms with Crippen molar-refractivity contribution in [3.63, 3.8) is 0 Å². The first-order valence-corrected chi connectivity index (χ1v) is 8.31. The summed E-state index contributed by atoms with van der Waals surface area (Å²) < 4.78 is 17.8. The summed E-state index contributed by atoms with van der Waals surface area (Å²) >= 11 is 3.60. The summed E-state index contributed by atoms with van der Waals surface area (Å²) in [5.41, 5.74) is 1.18. The molecular formula is C16H24BrNO3. The van der Waals surface area contributed by atoms with E-state index in [-0.39, 0.29) is 0 Å². The lowest BCUT2D eigenvalue weighted by Crippen LogP contribution is -2.21. The van der Waals surface area contributed by atoms with Crippen LogP contribution >= 0.6 is 15.9 Å². The highest BCUT2D eigenvalue weighted by Crippen LogP contribution is 2.37. The van der Waals surface area contributed by atoms with Gasteiger partial charge in [0.25, 0.3) is 0 Å². The van der Waals surface area contributed by atoms with Crippen LogP contribution in [0.2, 0.25) is 0 Å². The van der Waals surface area contributed by atoms with Crippen molar-refractivity contribution in [2.75, 3.05) is 33.5 Å². The Balaban J connectivity index is 2.03. The maximum atomic E-state index is 6.01. The minimum atomic E-state index is 0.566. The number of rotatable bonds is 7. The second-order valence-electron chi connectivity index (χ2n) is 5.26. The first-order chi connectivity index (χ1) is 10.2. The van der Waals surface area contributed by atoms with E-state index in [4.69, 9.17) is 14.2 Å². The van der Waals surface area contributed by atoms with Gasteiger partial charge in [0.15, 0.2) is 11.5 Å². The lowest BCUT2D eigenvalue weighted by Gasteiger charge is -2.23. The smallest absolute Gasteiger partial charge is 0.175 e. The van der Waals surface area contributed by atoms with Crippen LogP contribution in [0, 0.1) is 5.92 Å². The molecule has 1 saturated heterocycles. The predicted octanol–water partition coefficient (Wildman–Crippen LogP) is 3.37. The van der Waals surface area contributed by atoms with E-state index in [0.717, 1.165) is 55.1 Å². The van der Waals surface area contributed by atoms with E-state index in [0.29, 0.717) is 12.5 Å². The Hall–Kier alpha value is -0.780. The van der Waals surface area contributed by atoms with Crippen LogP contribution < -0.4 is 14.8 Å². The number of benzene rings is 1.